The summed E-state index contributed by atoms with van der Waals surface area (Å²) in [6.07, 6.45) is 4.45. The molecule has 1 aliphatic rings. The maximum Gasteiger partial charge on any atom is 0.162 e. The van der Waals surface area contributed by atoms with Crippen LogP contribution in [0.3, 0.4) is 0 Å². The average molecular weight is 315 g/mol. The third-order valence-corrected chi connectivity index (χ3v) is 4.02. The Morgan fingerprint density at radius 3 is 2.50 bits per heavy atom. The Bertz CT molecular complexity index is 412. The standard InChI is InChI=1S/C14H19BrO3/c1-9(16)11-7-13(17-2)14(8-12(11)15)18-10-5-3-4-6-10/h7-10,16H,3-6H2,1-2H3. The van der Waals surface area contributed by atoms with E-state index in [1.54, 1.807) is 14.0 Å². The molecule has 2 rings (SSSR count). The van der Waals surface area contributed by atoms with E-state index >= 15 is 0 Å². The lowest BCUT2D eigenvalue weighted by Gasteiger charge is -2.18. The highest BCUT2D eigenvalue weighted by molar-refractivity contribution is 9.10. The third-order valence-electron chi connectivity index (χ3n) is 3.33. The van der Waals surface area contributed by atoms with Crippen LogP contribution in [0.2, 0.25) is 0 Å². The van der Waals surface area contributed by atoms with Crippen molar-refractivity contribution in [1.82, 2.24) is 0 Å². The Labute approximate surface area is 116 Å². The van der Waals surface area contributed by atoms with Crippen molar-refractivity contribution in [3.05, 3.63) is 22.2 Å². The number of hydrogen-bond acceptors (Lipinski definition) is 3. The molecule has 0 bridgehead atoms. The minimum absolute atomic E-state index is 0.295. The fourth-order valence-electron chi connectivity index (χ4n) is 2.31. The van der Waals surface area contributed by atoms with Crippen LogP contribution >= 0.6 is 15.9 Å². The molecule has 1 aliphatic carbocycles. The highest BCUT2D eigenvalue weighted by Crippen LogP contribution is 2.38. The molecule has 100 valence electrons. The summed E-state index contributed by atoms with van der Waals surface area (Å²) in [5.41, 5.74) is 0.811. The summed E-state index contributed by atoms with van der Waals surface area (Å²) in [7, 11) is 1.62. The van der Waals surface area contributed by atoms with E-state index in [1.807, 2.05) is 12.1 Å². The van der Waals surface area contributed by atoms with Crippen LogP contribution in [0.5, 0.6) is 11.5 Å². The summed E-state index contributed by atoms with van der Waals surface area (Å²) in [5, 5.41) is 9.67. The summed E-state index contributed by atoms with van der Waals surface area (Å²) >= 11 is 3.46. The minimum atomic E-state index is -0.534. The zero-order valence-electron chi connectivity index (χ0n) is 10.8. The van der Waals surface area contributed by atoms with Crippen molar-refractivity contribution in [1.29, 1.82) is 0 Å². The van der Waals surface area contributed by atoms with Gasteiger partial charge in [-0.15, -0.1) is 0 Å². The number of aliphatic hydroxyl groups is 1. The van der Waals surface area contributed by atoms with Crippen molar-refractivity contribution in [2.24, 2.45) is 0 Å². The van der Waals surface area contributed by atoms with Gasteiger partial charge in [-0.05, 0) is 50.3 Å². The first kappa shape index (κ1) is 13.7. The molecule has 1 saturated carbocycles. The molecule has 0 aromatic heterocycles. The van der Waals surface area contributed by atoms with E-state index in [0.717, 1.165) is 28.6 Å². The molecule has 1 fully saturated rings. The first-order valence-corrected chi connectivity index (χ1v) is 7.13. The SMILES string of the molecule is COc1cc(C(C)O)c(Br)cc1OC1CCCC1. The summed E-state index contributed by atoms with van der Waals surface area (Å²) in [5.74, 6) is 1.43. The first-order valence-electron chi connectivity index (χ1n) is 6.34. The molecule has 0 amide bonds. The van der Waals surface area contributed by atoms with Gasteiger partial charge in [0.2, 0.25) is 0 Å². The van der Waals surface area contributed by atoms with Crippen molar-refractivity contribution in [3.63, 3.8) is 0 Å². The first-order chi connectivity index (χ1) is 8.61. The van der Waals surface area contributed by atoms with E-state index in [4.69, 9.17) is 9.47 Å². The largest absolute Gasteiger partial charge is 0.493 e. The number of methoxy groups -OCH3 is 1. The summed E-state index contributed by atoms with van der Waals surface area (Å²) in [6.45, 7) is 1.73. The van der Waals surface area contributed by atoms with Gasteiger partial charge in [-0.1, -0.05) is 15.9 Å². The molecule has 1 aromatic rings. The van der Waals surface area contributed by atoms with Crippen molar-refractivity contribution >= 4 is 15.9 Å². The molecule has 1 unspecified atom stereocenters. The second-order valence-electron chi connectivity index (χ2n) is 4.72. The lowest BCUT2D eigenvalue weighted by Crippen LogP contribution is -2.12. The molecule has 0 spiro atoms. The van der Waals surface area contributed by atoms with Gasteiger partial charge in [-0.2, -0.15) is 0 Å². The average Bonchev–Trinajstić information content (AvgIpc) is 2.81. The van der Waals surface area contributed by atoms with E-state index in [9.17, 15) is 5.11 Å². The Morgan fingerprint density at radius 2 is 1.94 bits per heavy atom. The van der Waals surface area contributed by atoms with Crippen LogP contribution in [0.4, 0.5) is 0 Å². The highest BCUT2D eigenvalue weighted by Gasteiger charge is 2.20. The number of benzene rings is 1. The maximum atomic E-state index is 9.67. The van der Waals surface area contributed by atoms with Crippen LogP contribution in [0.25, 0.3) is 0 Å². The molecule has 0 saturated heterocycles. The maximum absolute atomic E-state index is 9.67. The fraction of sp³-hybridized carbons (Fsp3) is 0.571. The van der Waals surface area contributed by atoms with Gasteiger partial charge in [0, 0.05) is 4.47 Å². The van der Waals surface area contributed by atoms with Gasteiger partial charge < -0.3 is 14.6 Å². The van der Waals surface area contributed by atoms with E-state index < -0.39 is 6.10 Å². The predicted octanol–water partition coefficient (Wildman–Crippen LogP) is 3.83. The second kappa shape index (κ2) is 5.93. The Hall–Kier alpha value is -0.740. The van der Waals surface area contributed by atoms with Crippen LogP contribution in [-0.2, 0) is 0 Å². The van der Waals surface area contributed by atoms with Crippen molar-refractivity contribution in [2.75, 3.05) is 7.11 Å². The number of ether oxygens (including phenoxy) is 2. The molecule has 1 aromatic carbocycles. The quantitative estimate of drug-likeness (QED) is 0.918. The molecular weight excluding hydrogens is 296 g/mol. The number of rotatable bonds is 4. The highest BCUT2D eigenvalue weighted by atomic mass is 79.9. The van der Waals surface area contributed by atoms with Crippen molar-refractivity contribution in [2.45, 2.75) is 44.8 Å². The zero-order valence-corrected chi connectivity index (χ0v) is 12.4. The molecule has 18 heavy (non-hydrogen) atoms. The van der Waals surface area contributed by atoms with Crippen LogP contribution in [-0.4, -0.2) is 18.3 Å². The summed E-state index contributed by atoms with van der Waals surface area (Å²) < 4.78 is 12.2. The zero-order chi connectivity index (χ0) is 13.1. The normalized spacial score (nSPS) is 17.8. The molecule has 1 N–H and O–H groups in total. The lowest BCUT2D eigenvalue weighted by molar-refractivity contribution is 0.192. The molecule has 1 atom stereocenters. The second-order valence-corrected chi connectivity index (χ2v) is 5.58. The van der Waals surface area contributed by atoms with Gasteiger partial charge in [0.05, 0.1) is 19.3 Å². The Balaban J connectivity index is 2.25. The van der Waals surface area contributed by atoms with Gasteiger partial charge in [0.25, 0.3) is 0 Å². The van der Waals surface area contributed by atoms with Crippen LogP contribution in [0.1, 0.15) is 44.3 Å². The molecule has 0 heterocycles. The Morgan fingerprint density at radius 1 is 1.28 bits per heavy atom. The molecule has 3 nitrogen and oxygen atoms in total. The fourth-order valence-corrected chi connectivity index (χ4v) is 2.96. The third kappa shape index (κ3) is 2.98. The van der Waals surface area contributed by atoms with Gasteiger partial charge in [-0.25, -0.2) is 0 Å². The van der Waals surface area contributed by atoms with E-state index in [-0.39, 0.29) is 0 Å². The van der Waals surface area contributed by atoms with Crippen LogP contribution < -0.4 is 9.47 Å². The van der Waals surface area contributed by atoms with Crippen molar-refractivity contribution in [3.8, 4) is 11.5 Å². The van der Waals surface area contributed by atoms with Gasteiger partial charge in [0.15, 0.2) is 11.5 Å². The van der Waals surface area contributed by atoms with E-state index in [2.05, 4.69) is 15.9 Å². The van der Waals surface area contributed by atoms with Crippen LogP contribution in [0.15, 0.2) is 16.6 Å². The van der Waals surface area contributed by atoms with E-state index in [1.165, 1.54) is 12.8 Å². The molecular formula is C14H19BrO3. The smallest absolute Gasteiger partial charge is 0.162 e. The number of aliphatic hydroxyl groups excluding tert-OH is 1. The minimum Gasteiger partial charge on any atom is -0.493 e. The van der Waals surface area contributed by atoms with E-state index in [0.29, 0.717) is 11.9 Å². The molecule has 4 heteroatoms. The Kier molecular flexibility index (Phi) is 4.51. The van der Waals surface area contributed by atoms with Crippen LogP contribution in [0, 0.1) is 0 Å². The molecule has 0 aliphatic heterocycles. The number of hydrogen-bond donors (Lipinski definition) is 1. The predicted molar refractivity (Wildman–Crippen MR) is 74.2 cm³/mol. The van der Waals surface area contributed by atoms with Gasteiger partial charge in [0.1, 0.15) is 0 Å². The number of halogens is 1. The summed E-state index contributed by atoms with van der Waals surface area (Å²) in [4.78, 5) is 0. The van der Waals surface area contributed by atoms with Gasteiger partial charge in [-0.3, -0.25) is 0 Å². The van der Waals surface area contributed by atoms with Crippen molar-refractivity contribution < 1.29 is 14.6 Å². The topological polar surface area (TPSA) is 38.7 Å². The monoisotopic (exact) mass is 314 g/mol. The van der Waals surface area contributed by atoms with Gasteiger partial charge >= 0.3 is 0 Å². The lowest BCUT2D eigenvalue weighted by atomic mass is 10.1. The molecule has 0 radical (unpaired) electrons. The summed E-state index contributed by atoms with van der Waals surface area (Å²) in [6, 6.07) is 3.72.